The molecule has 0 N–H and O–H groups in total. The van der Waals surface area contributed by atoms with Gasteiger partial charge in [-0.05, 0) is 55.7 Å². The molecule has 1 fully saturated rings. The fourth-order valence-electron chi connectivity index (χ4n) is 3.39. The molecule has 1 aliphatic heterocycles. The number of carbonyl (C=O) groups is 1. The number of thiazole rings is 1. The minimum absolute atomic E-state index is 0.0480. The highest BCUT2D eigenvalue weighted by atomic mass is 32.2. The second-order valence-corrected chi connectivity index (χ2v) is 9.29. The van der Waals surface area contributed by atoms with Crippen LogP contribution in [0.2, 0.25) is 0 Å². The summed E-state index contributed by atoms with van der Waals surface area (Å²) in [6.45, 7) is 3.34. The van der Waals surface area contributed by atoms with Gasteiger partial charge in [-0.25, -0.2) is 9.37 Å². The summed E-state index contributed by atoms with van der Waals surface area (Å²) in [5.41, 5.74) is 2.07. The van der Waals surface area contributed by atoms with E-state index in [0.717, 1.165) is 45.3 Å². The Morgan fingerprint density at radius 2 is 2.14 bits per heavy atom. The van der Waals surface area contributed by atoms with Crippen LogP contribution in [0.4, 0.5) is 9.52 Å². The average molecular weight is 431 g/mol. The second-order valence-electron chi connectivity index (χ2n) is 7.11. The largest absolute Gasteiger partial charge is 0.376 e. The Kier molecular flexibility index (Phi) is 6.47. The molecule has 2 aromatic carbocycles. The smallest absolute Gasteiger partial charge is 0.229 e. The SMILES string of the molecule is Cc1cccc2sc(N(CC3CCCO3)C(=O)CCSc3ccc(F)cc3)nc12. The van der Waals surface area contributed by atoms with Crippen molar-refractivity contribution in [1.82, 2.24) is 4.98 Å². The highest BCUT2D eigenvalue weighted by Gasteiger charge is 2.26. The summed E-state index contributed by atoms with van der Waals surface area (Å²) in [6, 6.07) is 12.5. The summed E-state index contributed by atoms with van der Waals surface area (Å²) in [6.07, 6.45) is 2.46. The number of anilines is 1. The summed E-state index contributed by atoms with van der Waals surface area (Å²) in [4.78, 5) is 20.6. The Labute approximate surface area is 178 Å². The quantitative estimate of drug-likeness (QED) is 0.468. The van der Waals surface area contributed by atoms with Crippen molar-refractivity contribution in [3.05, 3.63) is 53.8 Å². The van der Waals surface area contributed by atoms with Crippen LogP contribution in [-0.4, -0.2) is 35.9 Å². The molecule has 7 heteroatoms. The number of fused-ring (bicyclic) bond motifs is 1. The molecule has 0 bridgehead atoms. The summed E-state index contributed by atoms with van der Waals surface area (Å²) in [5.74, 6) is 0.433. The maximum absolute atomic E-state index is 13.1. The first-order chi connectivity index (χ1) is 14.1. The minimum atomic E-state index is -0.251. The molecule has 1 unspecified atom stereocenters. The fourth-order valence-corrected chi connectivity index (χ4v) is 5.30. The number of carbonyl (C=O) groups excluding carboxylic acids is 1. The van der Waals surface area contributed by atoms with Gasteiger partial charge in [0.25, 0.3) is 0 Å². The van der Waals surface area contributed by atoms with Crippen LogP contribution in [0.5, 0.6) is 0 Å². The number of rotatable bonds is 7. The van der Waals surface area contributed by atoms with Crippen molar-refractivity contribution in [2.75, 3.05) is 23.8 Å². The van der Waals surface area contributed by atoms with E-state index in [9.17, 15) is 9.18 Å². The van der Waals surface area contributed by atoms with Crippen molar-refractivity contribution < 1.29 is 13.9 Å². The molecular weight excluding hydrogens is 407 g/mol. The summed E-state index contributed by atoms with van der Waals surface area (Å²) in [7, 11) is 0. The van der Waals surface area contributed by atoms with Crippen molar-refractivity contribution in [3.63, 3.8) is 0 Å². The van der Waals surface area contributed by atoms with E-state index in [1.165, 1.54) is 12.1 Å². The number of ether oxygens (including phenoxy) is 1. The fraction of sp³-hybridized carbons (Fsp3) is 0.364. The lowest BCUT2D eigenvalue weighted by Crippen LogP contribution is -2.37. The third kappa shape index (κ3) is 4.97. The molecule has 3 aromatic rings. The van der Waals surface area contributed by atoms with E-state index in [2.05, 4.69) is 0 Å². The number of halogens is 1. The zero-order valence-corrected chi connectivity index (χ0v) is 17.9. The molecule has 1 aliphatic rings. The van der Waals surface area contributed by atoms with E-state index in [1.54, 1.807) is 40.1 Å². The lowest BCUT2D eigenvalue weighted by Gasteiger charge is -2.23. The number of aromatic nitrogens is 1. The molecule has 4 nitrogen and oxygen atoms in total. The predicted octanol–water partition coefficient (Wildman–Crippen LogP) is 5.44. The Morgan fingerprint density at radius 3 is 2.86 bits per heavy atom. The summed E-state index contributed by atoms with van der Waals surface area (Å²) < 4.78 is 19.9. The van der Waals surface area contributed by atoms with E-state index in [0.29, 0.717) is 18.7 Å². The van der Waals surface area contributed by atoms with Crippen LogP contribution < -0.4 is 4.90 Å². The molecule has 0 aliphatic carbocycles. The van der Waals surface area contributed by atoms with E-state index < -0.39 is 0 Å². The van der Waals surface area contributed by atoms with Gasteiger partial charge >= 0.3 is 0 Å². The van der Waals surface area contributed by atoms with E-state index in [-0.39, 0.29) is 17.8 Å². The Balaban J connectivity index is 1.48. The van der Waals surface area contributed by atoms with Crippen LogP contribution in [0.3, 0.4) is 0 Å². The van der Waals surface area contributed by atoms with Crippen LogP contribution >= 0.6 is 23.1 Å². The summed E-state index contributed by atoms with van der Waals surface area (Å²) >= 11 is 3.11. The van der Waals surface area contributed by atoms with Crippen molar-refractivity contribution >= 4 is 44.4 Å². The number of aryl methyl sites for hydroxylation is 1. The number of hydrogen-bond acceptors (Lipinski definition) is 5. The maximum atomic E-state index is 13.1. The van der Waals surface area contributed by atoms with Gasteiger partial charge < -0.3 is 4.74 Å². The Bertz CT molecular complexity index is 984. The van der Waals surface area contributed by atoms with E-state index in [4.69, 9.17) is 9.72 Å². The Hall–Kier alpha value is -1.96. The van der Waals surface area contributed by atoms with Gasteiger partial charge in [-0.2, -0.15) is 0 Å². The lowest BCUT2D eigenvalue weighted by molar-refractivity contribution is -0.118. The van der Waals surface area contributed by atoms with Crippen LogP contribution in [-0.2, 0) is 9.53 Å². The van der Waals surface area contributed by atoms with E-state index in [1.807, 2.05) is 25.1 Å². The first kappa shape index (κ1) is 20.3. The number of thioether (sulfide) groups is 1. The number of para-hydroxylation sites is 1. The molecule has 0 saturated carbocycles. The van der Waals surface area contributed by atoms with Gasteiger partial charge in [-0.15, -0.1) is 11.8 Å². The third-order valence-corrected chi connectivity index (χ3v) is 7.01. The topological polar surface area (TPSA) is 42.4 Å². The maximum Gasteiger partial charge on any atom is 0.229 e. The molecule has 1 aromatic heterocycles. The highest BCUT2D eigenvalue weighted by molar-refractivity contribution is 7.99. The zero-order valence-electron chi connectivity index (χ0n) is 16.3. The van der Waals surface area contributed by atoms with Crippen LogP contribution in [0.1, 0.15) is 24.8 Å². The first-order valence-electron chi connectivity index (χ1n) is 9.76. The highest BCUT2D eigenvalue weighted by Crippen LogP contribution is 2.32. The number of benzene rings is 2. The number of amides is 1. The number of hydrogen-bond donors (Lipinski definition) is 0. The Morgan fingerprint density at radius 1 is 1.31 bits per heavy atom. The van der Waals surface area contributed by atoms with Gasteiger partial charge in [0.1, 0.15) is 5.82 Å². The van der Waals surface area contributed by atoms with E-state index >= 15 is 0 Å². The molecule has 0 radical (unpaired) electrons. The second kappa shape index (κ2) is 9.24. The lowest BCUT2D eigenvalue weighted by atomic mass is 10.2. The third-order valence-electron chi connectivity index (χ3n) is 4.95. The normalized spacial score (nSPS) is 16.4. The van der Waals surface area contributed by atoms with Gasteiger partial charge in [0.2, 0.25) is 5.91 Å². The van der Waals surface area contributed by atoms with Gasteiger partial charge in [-0.3, -0.25) is 9.69 Å². The number of nitrogens with zero attached hydrogens (tertiary/aromatic N) is 2. The molecule has 2 heterocycles. The zero-order chi connectivity index (χ0) is 20.2. The predicted molar refractivity (Wildman–Crippen MR) is 117 cm³/mol. The van der Waals surface area contributed by atoms with Gasteiger partial charge in [0.05, 0.1) is 22.9 Å². The molecule has 0 spiro atoms. The average Bonchev–Trinajstić information content (AvgIpc) is 3.37. The van der Waals surface area contributed by atoms with Crippen molar-refractivity contribution in [1.29, 1.82) is 0 Å². The molecule has 1 saturated heterocycles. The van der Waals surface area contributed by atoms with Crippen molar-refractivity contribution in [2.24, 2.45) is 0 Å². The van der Waals surface area contributed by atoms with Crippen LogP contribution in [0, 0.1) is 12.7 Å². The summed E-state index contributed by atoms with van der Waals surface area (Å²) in [5, 5.41) is 0.738. The molecule has 152 valence electrons. The molecule has 1 amide bonds. The standard InChI is InChI=1S/C22H23FN2O2S2/c1-15-4-2-6-19-21(15)24-22(29-19)25(14-17-5-3-12-27-17)20(26)11-13-28-18-9-7-16(23)8-10-18/h2,4,6-10,17H,3,5,11-14H2,1H3. The molecule has 29 heavy (non-hydrogen) atoms. The van der Waals surface area contributed by atoms with Gasteiger partial charge in [0, 0.05) is 23.7 Å². The van der Waals surface area contributed by atoms with Crippen LogP contribution in [0.15, 0.2) is 47.4 Å². The molecule has 4 rings (SSSR count). The van der Waals surface area contributed by atoms with Gasteiger partial charge in [0.15, 0.2) is 5.13 Å². The first-order valence-corrected chi connectivity index (χ1v) is 11.6. The minimum Gasteiger partial charge on any atom is -0.376 e. The van der Waals surface area contributed by atoms with Crippen molar-refractivity contribution in [2.45, 2.75) is 37.2 Å². The molecular formula is C22H23FN2O2S2. The monoisotopic (exact) mass is 430 g/mol. The van der Waals surface area contributed by atoms with Crippen molar-refractivity contribution in [3.8, 4) is 0 Å². The van der Waals surface area contributed by atoms with Gasteiger partial charge in [-0.1, -0.05) is 23.5 Å². The molecule has 1 atom stereocenters. The van der Waals surface area contributed by atoms with Crippen LogP contribution in [0.25, 0.3) is 10.2 Å².